The highest BCUT2D eigenvalue weighted by molar-refractivity contribution is 5.33. The Bertz CT molecular complexity index is 1520. The van der Waals surface area contributed by atoms with E-state index in [1.54, 1.807) is 18.1 Å². The number of rotatable bonds is 0. The first-order chi connectivity index (χ1) is 29.3. The maximum atomic E-state index is 12.7. The zero-order chi connectivity index (χ0) is 50.3. The first-order valence-corrected chi connectivity index (χ1v) is 26.0. The van der Waals surface area contributed by atoms with Crippen molar-refractivity contribution in [3.63, 3.8) is 0 Å². The van der Waals surface area contributed by atoms with Crippen LogP contribution in [0, 0.1) is 56.2 Å². The van der Waals surface area contributed by atoms with E-state index < -0.39 is 23.9 Å². The van der Waals surface area contributed by atoms with Gasteiger partial charge < -0.3 is 18.9 Å². The summed E-state index contributed by atoms with van der Waals surface area (Å²) in [6, 6.07) is 8.98. The molecule has 1 aromatic rings. The molecule has 4 nitrogen and oxygen atoms in total. The minimum absolute atomic E-state index is 0.0390. The van der Waals surface area contributed by atoms with Crippen LogP contribution in [0.25, 0.3) is 0 Å². The van der Waals surface area contributed by atoms with E-state index in [1.807, 2.05) is 34.6 Å². The Morgan fingerprint density at radius 1 is 0.523 bits per heavy atom. The molecule has 5 aliphatic rings. The average molecular weight is 923 g/mol. The smallest absolute Gasteiger partial charge is 0.350 e. The van der Waals surface area contributed by atoms with Crippen LogP contribution in [0.2, 0.25) is 0 Å². The predicted octanol–water partition coefficient (Wildman–Crippen LogP) is 18.2. The molecular weight excluding hydrogens is 818 g/mol. The molecule has 0 radical (unpaired) electrons. The SMILES string of the molecule is CC(C)(C)C1(C)CCCCC1.CC(C)(C)C1CCCc2ccccc21.CC1CCCCC1C(C)(C)C.CC1OC(C)(C(F)(F)F)OCC1C(C)(C)C.CC1OC(C)(C)OCC1C(C)(C)C. The molecule has 7 heteroatoms. The van der Waals surface area contributed by atoms with Crippen molar-refractivity contribution < 1.29 is 32.1 Å². The Kier molecular flexibility index (Phi) is 21.4. The monoisotopic (exact) mass is 923 g/mol. The van der Waals surface area contributed by atoms with Crippen molar-refractivity contribution in [2.45, 2.75) is 265 Å². The zero-order valence-electron chi connectivity index (χ0n) is 46.5. The van der Waals surface area contributed by atoms with Gasteiger partial charge in [-0.05, 0) is 135 Å². The number of ether oxygens (including phenoxy) is 4. The van der Waals surface area contributed by atoms with Crippen molar-refractivity contribution in [3.8, 4) is 0 Å². The summed E-state index contributed by atoms with van der Waals surface area (Å²) >= 11 is 0. The van der Waals surface area contributed by atoms with Gasteiger partial charge in [0.15, 0.2) is 5.79 Å². The third-order valence-corrected chi connectivity index (χ3v) is 16.3. The largest absolute Gasteiger partial charge is 0.442 e. The minimum atomic E-state index is -4.50. The van der Waals surface area contributed by atoms with Crippen LogP contribution < -0.4 is 0 Å². The molecule has 4 fully saturated rings. The van der Waals surface area contributed by atoms with Crippen LogP contribution in [0.3, 0.4) is 0 Å². The van der Waals surface area contributed by atoms with E-state index in [9.17, 15) is 13.2 Å². The first kappa shape index (κ1) is 60.0. The Hall–Kier alpha value is -1.15. The summed E-state index contributed by atoms with van der Waals surface area (Å²) in [5.41, 5.74) is 5.39. The van der Waals surface area contributed by atoms with Crippen LogP contribution in [0.4, 0.5) is 13.2 Å². The molecule has 382 valence electrons. The lowest BCUT2D eigenvalue weighted by atomic mass is 9.61. The fraction of sp³-hybridized carbons (Fsp3) is 0.897. The van der Waals surface area contributed by atoms with Crippen LogP contribution >= 0.6 is 0 Å². The van der Waals surface area contributed by atoms with Gasteiger partial charge >= 0.3 is 6.18 Å². The fourth-order valence-corrected chi connectivity index (χ4v) is 11.2. The number of alkyl halides is 3. The summed E-state index contributed by atoms with van der Waals surface area (Å²) in [4.78, 5) is 0. The van der Waals surface area contributed by atoms with Gasteiger partial charge in [0.1, 0.15) is 0 Å². The van der Waals surface area contributed by atoms with Gasteiger partial charge in [-0.15, -0.1) is 0 Å². The second kappa shape index (κ2) is 23.2. The molecule has 0 amide bonds. The summed E-state index contributed by atoms with van der Waals surface area (Å²) < 4.78 is 59.4. The van der Waals surface area contributed by atoms with Crippen molar-refractivity contribution in [1.29, 1.82) is 0 Å². The van der Waals surface area contributed by atoms with Crippen molar-refractivity contribution in [2.75, 3.05) is 13.2 Å². The lowest BCUT2D eigenvalue weighted by Crippen LogP contribution is -2.57. The van der Waals surface area contributed by atoms with E-state index in [0.717, 1.165) is 31.3 Å². The molecule has 65 heavy (non-hydrogen) atoms. The molecule has 2 aliphatic heterocycles. The van der Waals surface area contributed by atoms with E-state index in [2.05, 4.69) is 128 Å². The van der Waals surface area contributed by atoms with E-state index in [4.69, 9.17) is 18.9 Å². The van der Waals surface area contributed by atoms with Crippen LogP contribution in [0.1, 0.15) is 240 Å². The first-order valence-electron chi connectivity index (χ1n) is 26.0. The molecule has 3 aliphatic carbocycles. The standard InChI is InChI=1S/C14H20.C11H19F3O2.C11H22O2.2C11H22/c1-14(2,3)13-10-6-8-11-7-4-5-9-12(11)13;1-7-8(9(2,3)4)6-15-10(5,16-7)11(12,13)14;1-8-9(10(2,3)4)7-12-11(5,6)13-8;1-10(2,3)11(4)8-6-5-7-9-11;1-9-7-5-6-8-10(9)11(2,3)4/h4-5,7,9,13H,6,8,10H2,1-3H3;7-8H,6H2,1-5H3;8-9H,7H2,1-6H3;5-9H2,1-4H3;9-10H,5-8H2,1-4H3. The van der Waals surface area contributed by atoms with Gasteiger partial charge in [0.2, 0.25) is 0 Å². The third kappa shape index (κ3) is 18.3. The van der Waals surface area contributed by atoms with Crippen molar-refractivity contribution in [3.05, 3.63) is 35.4 Å². The Labute approximate surface area is 400 Å². The second-order valence-corrected chi connectivity index (χ2v) is 27.2. The van der Waals surface area contributed by atoms with Crippen LogP contribution in [0.5, 0.6) is 0 Å². The summed E-state index contributed by atoms with van der Waals surface area (Å²) in [5, 5.41) is 0. The molecular formula is C58H105F3O4. The highest BCUT2D eigenvalue weighted by Gasteiger charge is 2.58. The average Bonchev–Trinajstić information content (AvgIpc) is 3.13. The maximum absolute atomic E-state index is 12.7. The van der Waals surface area contributed by atoms with E-state index >= 15 is 0 Å². The van der Waals surface area contributed by atoms with Gasteiger partial charge in [-0.2, -0.15) is 13.2 Å². The summed E-state index contributed by atoms with van der Waals surface area (Å²) in [6.45, 7) is 48.5. The fourth-order valence-electron chi connectivity index (χ4n) is 11.2. The summed E-state index contributed by atoms with van der Waals surface area (Å²) in [7, 11) is 0. The Morgan fingerprint density at radius 2 is 1.00 bits per heavy atom. The number of benzene rings is 1. The molecule has 8 unspecified atom stereocenters. The maximum Gasteiger partial charge on any atom is 0.442 e. The van der Waals surface area contributed by atoms with Gasteiger partial charge in [-0.1, -0.05) is 180 Å². The Morgan fingerprint density at radius 3 is 1.40 bits per heavy atom. The van der Waals surface area contributed by atoms with Gasteiger partial charge in [0.25, 0.3) is 5.79 Å². The van der Waals surface area contributed by atoms with E-state index in [-0.39, 0.29) is 29.5 Å². The normalized spacial score (nSPS) is 30.8. The molecule has 2 heterocycles. The molecule has 0 bridgehead atoms. The summed E-state index contributed by atoms with van der Waals surface area (Å²) in [6.07, 6.45) is 12.4. The van der Waals surface area contributed by atoms with E-state index in [1.165, 1.54) is 77.0 Å². The molecule has 0 spiro atoms. The lowest BCUT2D eigenvalue weighted by molar-refractivity contribution is -0.414. The highest BCUT2D eigenvalue weighted by atomic mass is 19.4. The zero-order valence-corrected chi connectivity index (χ0v) is 46.5. The summed E-state index contributed by atoms with van der Waals surface area (Å²) in [5.74, 6) is 0.269. The molecule has 0 N–H and O–H groups in total. The highest BCUT2D eigenvalue weighted by Crippen LogP contribution is 2.49. The topological polar surface area (TPSA) is 36.9 Å². The van der Waals surface area contributed by atoms with Gasteiger partial charge in [-0.25, -0.2) is 0 Å². The number of hydrogen-bond donors (Lipinski definition) is 0. The quantitative estimate of drug-likeness (QED) is 0.260. The minimum Gasteiger partial charge on any atom is -0.350 e. The van der Waals surface area contributed by atoms with Crippen LogP contribution in [-0.2, 0) is 25.4 Å². The van der Waals surface area contributed by atoms with Crippen molar-refractivity contribution in [2.24, 2.45) is 56.2 Å². The van der Waals surface area contributed by atoms with Gasteiger partial charge in [0.05, 0.1) is 25.4 Å². The molecule has 6 rings (SSSR count). The lowest BCUT2D eigenvalue weighted by Gasteiger charge is -2.46. The molecule has 2 saturated carbocycles. The van der Waals surface area contributed by atoms with Crippen LogP contribution in [0.15, 0.2) is 24.3 Å². The third-order valence-electron chi connectivity index (χ3n) is 16.3. The molecule has 8 atom stereocenters. The number of hydrogen-bond acceptors (Lipinski definition) is 4. The predicted molar refractivity (Wildman–Crippen MR) is 270 cm³/mol. The van der Waals surface area contributed by atoms with Crippen LogP contribution in [-0.4, -0.2) is 43.2 Å². The number of halogens is 3. The van der Waals surface area contributed by atoms with E-state index in [0.29, 0.717) is 27.6 Å². The Balaban J connectivity index is 0.000000281. The second-order valence-electron chi connectivity index (χ2n) is 27.2. The molecule has 0 aromatic heterocycles. The molecule has 2 saturated heterocycles. The molecule has 1 aromatic carbocycles. The van der Waals surface area contributed by atoms with Crippen molar-refractivity contribution >= 4 is 0 Å². The number of fused-ring (bicyclic) bond motifs is 1. The number of aryl methyl sites for hydroxylation is 1. The van der Waals surface area contributed by atoms with Gasteiger partial charge in [0, 0.05) is 11.8 Å². The van der Waals surface area contributed by atoms with Gasteiger partial charge in [-0.3, -0.25) is 0 Å². The van der Waals surface area contributed by atoms with Crippen molar-refractivity contribution in [1.82, 2.24) is 0 Å².